The second-order valence-electron chi connectivity index (χ2n) is 5.05. The Hall–Kier alpha value is -1.40. The van der Waals surface area contributed by atoms with Crippen molar-refractivity contribution in [3.05, 3.63) is 24.3 Å². The van der Waals surface area contributed by atoms with Gasteiger partial charge in [0, 0.05) is 18.5 Å². The van der Waals surface area contributed by atoms with Crippen LogP contribution in [0.25, 0.3) is 0 Å². The highest BCUT2D eigenvalue weighted by molar-refractivity contribution is 7.90. The normalized spacial score (nSPS) is 19.6. The lowest BCUT2D eigenvalue weighted by molar-refractivity contribution is -0.118. The van der Waals surface area contributed by atoms with E-state index in [2.05, 4.69) is 12.2 Å². The van der Waals surface area contributed by atoms with Crippen molar-refractivity contribution >= 4 is 21.4 Å². The molecule has 1 aliphatic heterocycles. The predicted molar refractivity (Wildman–Crippen MR) is 78.6 cm³/mol. The summed E-state index contributed by atoms with van der Waals surface area (Å²) >= 11 is 0. The van der Waals surface area contributed by atoms with Gasteiger partial charge in [-0.15, -0.1) is 0 Å². The number of rotatable bonds is 5. The maximum atomic E-state index is 12.2. The number of nitrogens with one attached hydrogen (secondary N) is 1. The number of anilines is 1. The average molecular weight is 296 g/mol. The van der Waals surface area contributed by atoms with Crippen LogP contribution >= 0.6 is 0 Å². The molecule has 0 saturated carbocycles. The number of hydrogen-bond acceptors (Lipinski definition) is 4. The molecule has 20 heavy (non-hydrogen) atoms. The Labute approximate surface area is 119 Å². The van der Waals surface area contributed by atoms with E-state index in [4.69, 9.17) is 0 Å². The first-order chi connectivity index (χ1) is 9.43. The second kappa shape index (κ2) is 5.93. The molecule has 1 heterocycles. The highest BCUT2D eigenvalue weighted by Gasteiger charge is 2.31. The van der Waals surface area contributed by atoms with Crippen LogP contribution in [0.3, 0.4) is 0 Å². The van der Waals surface area contributed by atoms with Crippen molar-refractivity contribution in [1.82, 2.24) is 5.32 Å². The van der Waals surface area contributed by atoms with Gasteiger partial charge in [0.1, 0.15) is 0 Å². The molecule has 110 valence electrons. The third-order valence-corrected chi connectivity index (χ3v) is 4.55. The largest absolute Gasteiger partial charge is 0.311 e. The third-order valence-electron chi connectivity index (χ3n) is 3.42. The molecule has 1 N–H and O–H groups in total. The molecule has 0 aliphatic carbocycles. The number of sulfone groups is 1. The Bertz CT molecular complexity index is 581. The molecule has 1 aromatic carbocycles. The van der Waals surface area contributed by atoms with E-state index in [0.29, 0.717) is 6.54 Å². The first kappa shape index (κ1) is 15.0. The standard InChI is InChI=1S/C14H20N2O3S/c1-3-9-15-13-8-10-16(14(13)17)11-4-6-12(7-5-11)20(2,18)19/h4-7,13,15H,3,8-10H2,1-2H3. The zero-order valence-electron chi connectivity index (χ0n) is 11.8. The van der Waals surface area contributed by atoms with Crippen LogP contribution in [0.2, 0.25) is 0 Å². The van der Waals surface area contributed by atoms with Gasteiger partial charge in [-0.3, -0.25) is 4.79 Å². The van der Waals surface area contributed by atoms with Crippen LogP contribution in [0.1, 0.15) is 19.8 Å². The summed E-state index contributed by atoms with van der Waals surface area (Å²) < 4.78 is 22.8. The lowest BCUT2D eigenvalue weighted by atomic mass is 10.2. The molecule has 0 radical (unpaired) electrons. The number of nitrogens with zero attached hydrogens (tertiary/aromatic N) is 1. The summed E-state index contributed by atoms with van der Waals surface area (Å²) in [7, 11) is -3.20. The summed E-state index contributed by atoms with van der Waals surface area (Å²) in [5.41, 5.74) is 0.753. The van der Waals surface area contributed by atoms with Gasteiger partial charge in [0.2, 0.25) is 5.91 Å². The molecule has 1 unspecified atom stereocenters. The highest BCUT2D eigenvalue weighted by Crippen LogP contribution is 2.23. The van der Waals surface area contributed by atoms with Crippen LogP contribution in [-0.2, 0) is 14.6 Å². The molecule has 1 aliphatic rings. The second-order valence-corrected chi connectivity index (χ2v) is 7.07. The fraction of sp³-hybridized carbons (Fsp3) is 0.500. The minimum Gasteiger partial charge on any atom is -0.311 e. The molecule has 0 spiro atoms. The van der Waals surface area contributed by atoms with Gasteiger partial charge in [0.15, 0.2) is 9.84 Å². The van der Waals surface area contributed by atoms with E-state index in [1.165, 1.54) is 6.26 Å². The van der Waals surface area contributed by atoms with E-state index >= 15 is 0 Å². The lowest BCUT2D eigenvalue weighted by Crippen LogP contribution is -2.38. The summed E-state index contributed by atoms with van der Waals surface area (Å²) in [6.07, 6.45) is 2.95. The first-order valence-electron chi connectivity index (χ1n) is 6.78. The molecule has 1 aromatic rings. The van der Waals surface area contributed by atoms with Crippen molar-refractivity contribution in [2.75, 3.05) is 24.2 Å². The number of carbonyl (C=O) groups is 1. The molecule has 1 fully saturated rings. The van der Waals surface area contributed by atoms with Gasteiger partial charge in [-0.05, 0) is 43.7 Å². The van der Waals surface area contributed by atoms with Gasteiger partial charge in [0.05, 0.1) is 10.9 Å². The first-order valence-corrected chi connectivity index (χ1v) is 8.67. The number of carbonyl (C=O) groups excluding carboxylic acids is 1. The topological polar surface area (TPSA) is 66.5 Å². The van der Waals surface area contributed by atoms with Crippen molar-refractivity contribution < 1.29 is 13.2 Å². The summed E-state index contributed by atoms with van der Waals surface area (Å²) in [4.78, 5) is 14.2. The van der Waals surface area contributed by atoms with E-state index in [9.17, 15) is 13.2 Å². The highest BCUT2D eigenvalue weighted by atomic mass is 32.2. The third kappa shape index (κ3) is 3.19. The summed E-state index contributed by atoms with van der Waals surface area (Å²) in [5, 5.41) is 3.23. The number of amides is 1. The van der Waals surface area contributed by atoms with E-state index in [-0.39, 0.29) is 16.8 Å². The van der Waals surface area contributed by atoms with Gasteiger partial charge in [-0.2, -0.15) is 0 Å². The van der Waals surface area contributed by atoms with Gasteiger partial charge in [-0.25, -0.2) is 8.42 Å². The van der Waals surface area contributed by atoms with Crippen molar-refractivity contribution in [3.8, 4) is 0 Å². The van der Waals surface area contributed by atoms with E-state index in [1.54, 1.807) is 29.2 Å². The number of hydrogen-bond donors (Lipinski definition) is 1. The summed E-state index contributed by atoms with van der Waals surface area (Å²) in [5.74, 6) is 0.0607. The molecule has 2 rings (SSSR count). The van der Waals surface area contributed by atoms with Gasteiger partial charge in [-0.1, -0.05) is 6.92 Å². The smallest absolute Gasteiger partial charge is 0.244 e. The van der Waals surface area contributed by atoms with Crippen LogP contribution in [0.4, 0.5) is 5.69 Å². The Morgan fingerprint density at radius 2 is 1.95 bits per heavy atom. The fourth-order valence-electron chi connectivity index (χ4n) is 2.32. The zero-order chi connectivity index (χ0) is 14.8. The molecule has 1 amide bonds. The van der Waals surface area contributed by atoms with Crippen molar-refractivity contribution in [3.63, 3.8) is 0 Å². The molecular weight excluding hydrogens is 276 g/mol. The van der Waals surface area contributed by atoms with Gasteiger partial charge in [0.25, 0.3) is 0 Å². The molecule has 0 bridgehead atoms. The van der Waals surface area contributed by atoms with Gasteiger partial charge >= 0.3 is 0 Å². The predicted octanol–water partition coefficient (Wildman–Crippen LogP) is 1.20. The minimum absolute atomic E-state index is 0.0607. The van der Waals surface area contributed by atoms with Crippen molar-refractivity contribution in [2.45, 2.75) is 30.7 Å². The summed E-state index contributed by atoms with van der Waals surface area (Å²) in [6, 6.07) is 6.35. The average Bonchev–Trinajstić information content (AvgIpc) is 2.77. The van der Waals surface area contributed by atoms with E-state index < -0.39 is 9.84 Å². The lowest BCUT2D eigenvalue weighted by Gasteiger charge is -2.17. The van der Waals surface area contributed by atoms with Crippen molar-refractivity contribution in [1.29, 1.82) is 0 Å². The van der Waals surface area contributed by atoms with Crippen LogP contribution in [0.5, 0.6) is 0 Å². The fourth-order valence-corrected chi connectivity index (χ4v) is 2.95. The monoisotopic (exact) mass is 296 g/mol. The summed E-state index contributed by atoms with van der Waals surface area (Å²) in [6.45, 7) is 3.56. The Morgan fingerprint density at radius 3 is 2.50 bits per heavy atom. The molecule has 5 nitrogen and oxygen atoms in total. The van der Waals surface area contributed by atoms with Crippen LogP contribution in [-0.4, -0.2) is 39.7 Å². The maximum absolute atomic E-state index is 12.2. The Kier molecular flexibility index (Phi) is 4.45. The maximum Gasteiger partial charge on any atom is 0.244 e. The Morgan fingerprint density at radius 1 is 1.30 bits per heavy atom. The van der Waals surface area contributed by atoms with Crippen molar-refractivity contribution in [2.24, 2.45) is 0 Å². The molecular formula is C14H20N2O3S. The van der Waals surface area contributed by atoms with Crippen LogP contribution < -0.4 is 10.2 Å². The Balaban J connectivity index is 2.11. The van der Waals surface area contributed by atoms with Gasteiger partial charge < -0.3 is 10.2 Å². The van der Waals surface area contributed by atoms with Crippen LogP contribution in [0.15, 0.2) is 29.2 Å². The molecule has 6 heteroatoms. The zero-order valence-corrected chi connectivity index (χ0v) is 12.6. The SMILES string of the molecule is CCCNC1CCN(c2ccc(S(C)(=O)=O)cc2)C1=O. The molecule has 1 atom stereocenters. The molecule has 1 saturated heterocycles. The van der Waals surface area contributed by atoms with E-state index in [1.807, 2.05) is 0 Å². The van der Waals surface area contributed by atoms with E-state index in [0.717, 1.165) is 25.1 Å². The van der Waals surface area contributed by atoms with Crippen LogP contribution in [0, 0.1) is 0 Å². The molecule has 0 aromatic heterocycles. The minimum atomic E-state index is -3.20. The number of benzene rings is 1. The quantitative estimate of drug-likeness (QED) is 0.886.